The van der Waals surface area contributed by atoms with E-state index in [0.29, 0.717) is 11.5 Å². The Morgan fingerprint density at radius 2 is 2.22 bits per heavy atom. The van der Waals surface area contributed by atoms with Crippen molar-refractivity contribution in [3.8, 4) is 11.5 Å². The molecule has 0 radical (unpaired) electrons. The van der Waals surface area contributed by atoms with E-state index in [4.69, 9.17) is 9.47 Å². The lowest BCUT2D eigenvalue weighted by atomic mass is 10.2. The van der Waals surface area contributed by atoms with Gasteiger partial charge in [-0.25, -0.2) is 5.43 Å². The second-order valence-corrected chi connectivity index (χ2v) is 5.84. The number of nitrogens with one attached hydrogen (secondary N) is 1. The molecule has 0 unspecified atom stereocenters. The number of carbonyl (C=O) groups excluding carboxylic acids is 1. The predicted molar refractivity (Wildman–Crippen MR) is 87.7 cm³/mol. The monoisotopic (exact) mass is 378 g/mol. The summed E-state index contributed by atoms with van der Waals surface area (Å²) in [6.07, 6.45) is 1.55. The largest absolute Gasteiger partial charge is 0.454 e. The minimum atomic E-state index is -0.250. The molecule has 1 aliphatic rings. The smallest absolute Gasteiger partial charge is 0.261 e. The third-order valence-corrected chi connectivity index (χ3v) is 4.53. The number of aromatic nitrogens is 2. The Balaban J connectivity index is 1.59. The van der Waals surface area contributed by atoms with E-state index < -0.39 is 0 Å². The molecule has 1 aromatic heterocycles. The number of ether oxygens (including phenoxy) is 2. The van der Waals surface area contributed by atoms with Gasteiger partial charge in [0.2, 0.25) is 6.79 Å². The zero-order valence-corrected chi connectivity index (χ0v) is 14.3. The van der Waals surface area contributed by atoms with Crippen molar-refractivity contribution in [3.63, 3.8) is 0 Å². The number of carbonyl (C=O) groups is 1. The van der Waals surface area contributed by atoms with Crippen LogP contribution in [-0.4, -0.2) is 28.7 Å². The fourth-order valence-electron chi connectivity index (χ4n) is 2.17. The number of aryl methyl sites for hydroxylation is 1. The summed E-state index contributed by atoms with van der Waals surface area (Å²) in [6.45, 7) is 4.11. The van der Waals surface area contributed by atoms with E-state index in [-0.39, 0.29) is 19.2 Å². The molecule has 23 heavy (non-hydrogen) atoms. The van der Waals surface area contributed by atoms with Gasteiger partial charge in [0.25, 0.3) is 5.91 Å². The lowest BCUT2D eigenvalue weighted by molar-refractivity contribution is -0.121. The first-order valence-electron chi connectivity index (χ1n) is 6.95. The van der Waals surface area contributed by atoms with Crippen molar-refractivity contribution in [3.05, 3.63) is 39.6 Å². The van der Waals surface area contributed by atoms with Crippen LogP contribution in [0.3, 0.4) is 0 Å². The number of nitrogens with zero attached hydrogens (tertiary/aromatic N) is 3. The Kier molecular flexibility index (Phi) is 4.33. The van der Waals surface area contributed by atoms with Gasteiger partial charge in [0.05, 0.1) is 22.1 Å². The molecule has 0 saturated carbocycles. The van der Waals surface area contributed by atoms with Crippen LogP contribution in [-0.2, 0) is 11.3 Å². The van der Waals surface area contributed by atoms with E-state index in [1.807, 2.05) is 19.9 Å². The van der Waals surface area contributed by atoms with Crippen LogP contribution in [0.5, 0.6) is 11.5 Å². The SMILES string of the molecule is Cc1nn(CC(=O)NN=Cc2ccc3c(c2)OCO3)c(C)c1Br. The molecule has 1 amide bonds. The van der Waals surface area contributed by atoms with Crippen molar-refractivity contribution in [2.75, 3.05) is 6.79 Å². The standard InChI is InChI=1S/C15H15BrN4O3/c1-9-15(16)10(2)20(19-9)7-14(21)18-17-6-11-3-4-12-13(5-11)23-8-22-12/h3-6H,7-8H2,1-2H3,(H,18,21). The molecule has 0 atom stereocenters. The highest BCUT2D eigenvalue weighted by atomic mass is 79.9. The summed E-state index contributed by atoms with van der Waals surface area (Å²) in [5, 5.41) is 8.23. The summed E-state index contributed by atoms with van der Waals surface area (Å²) < 4.78 is 13.1. The Hall–Kier alpha value is -2.35. The van der Waals surface area contributed by atoms with Crippen molar-refractivity contribution in [2.24, 2.45) is 5.10 Å². The topological polar surface area (TPSA) is 77.7 Å². The van der Waals surface area contributed by atoms with Crippen LogP contribution in [0.4, 0.5) is 0 Å². The molecular formula is C15H15BrN4O3. The van der Waals surface area contributed by atoms with Crippen molar-refractivity contribution in [2.45, 2.75) is 20.4 Å². The van der Waals surface area contributed by atoms with Crippen molar-refractivity contribution < 1.29 is 14.3 Å². The Morgan fingerprint density at radius 1 is 1.43 bits per heavy atom. The molecule has 2 aromatic rings. The molecule has 1 aromatic carbocycles. The highest BCUT2D eigenvalue weighted by Crippen LogP contribution is 2.31. The maximum Gasteiger partial charge on any atom is 0.261 e. The molecular weight excluding hydrogens is 364 g/mol. The van der Waals surface area contributed by atoms with Gasteiger partial charge in [0, 0.05) is 0 Å². The van der Waals surface area contributed by atoms with Gasteiger partial charge < -0.3 is 9.47 Å². The normalized spacial score (nSPS) is 12.8. The number of amides is 1. The zero-order valence-electron chi connectivity index (χ0n) is 12.7. The molecule has 0 spiro atoms. The molecule has 120 valence electrons. The van der Waals surface area contributed by atoms with Crippen LogP contribution in [0.25, 0.3) is 0 Å². The molecule has 0 bridgehead atoms. The first-order valence-corrected chi connectivity index (χ1v) is 7.75. The summed E-state index contributed by atoms with van der Waals surface area (Å²) in [5.74, 6) is 1.13. The third-order valence-electron chi connectivity index (χ3n) is 3.39. The average molecular weight is 379 g/mol. The maximum atomic E-state index is 11.9. The molecule has 0 fully saturated rings. The number of hydrogen-bond acceptors (Lipinski definition) is 5. The summed E-state index contributed by atoms with van der Waals surface area (Å²) in [5.41, 5.74) is 5.04. The molecule has 0 saturated heterocycles. The van der Waals surface area contributed by atoms with Crippen molar-refractivity contribution in [1.29, 1.82) is 0 Å². The summed E-state index contributed by atoms with van der Waals surface area (Å²) in [4.78, 5) is 11.9. The predicted octanol–water partition coefficient (Wildman–Crippen LogP) is 2.14. The molecule has 1 N–H and O–H groups in total. The van der Waals surface area contributed by atoms with Gasteiger partial charge in [-0.1, -0.05) is 0 Å². The van der Waals surface area contributed by atoms with Crippen LogP contribution in [0, 0.1) is 13.8 Å². The van der Waals surface area contributed by atoms with Gasteiger partial charge in [0.15, 0.2) is 11.5 Å². The van der Waals surface area contributed by atoms with E-state index in [0.717, 1.165) is 21.4 Å². The summed E-state index contributed by atoms with van der Waals surface area (Å²) in [6, 6.07) is 5.44. The van der Waals surface area contributed by atoms with Gasteiger partial charge in [-0.2, -0.15) is 10.2 Å². The van der Waals surface area contributed by atoms with Gasteiger partial charge >= 0.3 is 0 Å². The minimum absolute atomic E-state index is 0.108. The second-order valence-electron chi connectivity index (χ2n) is 5.05. The van der Waals surface area contributed by atoms with Gasteiger partial charge in [-0.05, 0) is 53.5 Å². The van der Waals surface area contributed by atoms with Gasteiger partial charge in [0.1, 0.15) is 6.54 Å². The lowest BCUT2D eigenvalue weighted by Gasteiger charge is -2.03. The number of fused-ring (bicyclic) bond motifs is 1. The lowest BCUT2D eigenvalue weighted by Crippen LogP contribution is -2.24. The zero-order chi connectivity index (χ0) is 16.4. The second kappa shape index (κ2) is 6.41. The molecule has 8 heteroatoms. The quantitative estimate of drug-likeness (QED) is 0.652. The first kappa shape index (κ1) is 15.5. The van der Waals surface area contributed by atoms with Gasteiger partial charge in [-0.15, -0.1) is 0 Å². The molecule has 0 aliphatic carbocycles. The van der Waals surface area contributed by atoms with Crippen LogP contribution in [0.1, 0.15) is 17.0 Å². The van der Waals surface area contributed by atoms with Crippen LogP contribution in [0.2, 0.25) is 0 Å². The van der Waals surface area contributed by atoms with Crippen molar-refractivity contribution >= 4 is 28.1 Å². The molecule has 1 aliphatic heterocycles. The van der Waals surface area contributed by atoms with Crippen LogP contribution >= 0.6 is 15.9 Å². The highest BCUT2D eigenvalue weighted by Gasteiger charge is 2.13. The Morgan fingerprint density at radius 3 is 2.96 bits per heavy atom. The highest BCUT2D eigenvalue weighted by molar-refractivity contribution is 9.10. The fourth-order valence-corrected chi connectivity index (χ4v) is 2.46. The number of hydrogen-bond donors (Lipinski definition) is 1. The first-order chi connectivity index (χ1) is 11.0. The van der Waals surface area contributed by atoms with Crippen LogP contribution < -0.4 is 14.9 Å². The number of hydrazone groups is 1. The third kappa shape index (κ3) is 3.37. The summed E-state index contributed by atoms with van der Waals surface area (Å²) in [7, 11) is 0. The average Bonchev–Trinajstić information content (AvgIpc) is 3.08. The Bertz CT molecular complexity index is 785. The summed E-state index contributed by atoms with van der Waals surface area (Å²) >= 11 is 3.43. The van der Waals surface area contributed by atoms with E-state index in [1.165, 1.54) is 0 Å². The van der Waals surface area contributed by atoms with E-state index in [9.17, 15) is 4.79 Å². The number of rotatable bonds is 4. The maximum absolute atomic E-state index is 11.9. The Labute approximate surface area is 141 Å². The molecule has 2 heterocycles. The fraction of sp³-hybridized carbons (Fsp3) is 0.267. The van der Waals surface area contributed by atoms with E-state index in [2.05, 4.69) is 31.6 Å². The molecule has 3 rings (SSSR count). The van der Waals surface area contributed by atoms with E-state index in [1.54, 1.807) is 23.0 Å². The van der Waals surface area contributed by atoms with Gasteiger partial charge in [-0.3, -0.25) is 9.48 Å². The van der Waals surface area contributed by atoms with Crippen LogP contribution in [0.15, 0.2) is 27.8 Å². The minimum Gasteiger partial charge on any atom is -0.454 e. The molecule has 7 nitrogen and oxygen atoms in total. The van der Waals surface area contributed by atoms with E-state index >= 15 is 0 Å². The van der Waals surface area contributed by atoms with Crippen molar-refractivity contribution in [1.82, 2.24) is 15.2 Å². The number of benzene rings is 1. The number of halogens is 1.